The molecule has 0 saturated carbocycles. The van der Waals surface area contributed by atoms with E-state index in [1.54, 1.807) is 0 Å². The number of aromatic nitrogens is 1. The first kappa shape index (κ1) is 23.1. The van der Waals surface area contributed by atoms with Gasteiger partial charge in [0.2, 0.25) is 0 Å². The van der Waals surface area contributed by atoms with Crippen LogP contribution in [0.3, 0.4) is 0 Å². The van der Waals surface area contributed by atoms with Crippen molar-refractivity contribution in [3.05, 3.63) is 96.7 Å². The number of nitrogens with zero attached hydrogens (tertiary/aromatic N) is 1. The van der Waals surface area contributed by atoms with Crippen LogP contribution in [-0.2, 0) is 0 Å². The molecule has 0 aliphatic heterocycles. The third-order valence-corrected chi connectivity index (χ3v) is 11.6. The summed E-state index contributed by atoms with van der Waals surface area (Å²) in [6, 6.07) is 30.9. The zero-order valence-electron chi connectivity index (χ0n) is 21.6. The molecule has 0 unspecified atom stereocenters. The van der Waals surface area contributed by atoms with Crippen LogP contribution in [0.2, 0.25) is 17.3 Å². The summed E-state index contributed by atoms with van der Waals surface area (Å²) in [4.78, 5) is 4.87. The molecule has 0 amide bonds. The van der Waals surface area contributed by atoms with Gasteiger partial charge >= 0.3 is 156 Å². The summed E-state index contributed by atoms with van der Waals surface area (Å²) >= 11 is -1.83. The van der Waals surface area contributed by atoms with Crippen molar-refractivity contribution in [3.8, 4) is 22.4 Å². The topological polar surface area (TPSA) is 26.0 Å². The third-order valence-electron chi connectivity index (χ3n) is 7.26. The predicted molar refractivity (Wildman–Crippen MR) is 157 cm³/mol. The van der Waals surface area contributed by atoms with Gasteiger partial charge in [-0.3, -0.25) is 0 Å². The Morgan fingerprint density at radius 2 is 1.44 bits per heavy atom. The van der Waals surface area contributed by atoms with E-state index in [4.69, 9.17) is 9.40 Å². The number of hydrogen-bond acceptors (Lipinski definition) is 2. The molecular formula is C33H31GeNO. The van der Waals surface area contributed by atoms with Crippen LogP contribution in [0.1, 0.15) is 25.3 Å². The van der Waals surface area contributed by atoms with Crippen molar-refractivity contribution in [2.45, 2.75) is 37.0 Å². The Kier molecular flexibility index (Phi) is 5.53. The minimum atomic E-state index is -1.83. The molecule has 4 aromatic carbocycles. The van der Waals surface area contributed by atoms with Crippen LogP contribution >= 0.6 is 0 Å². The van der Waals surface area contributed by atoms with Crippen LogP contribution in [0.4, 0.5) is 0 Å². The van der Waals surface area contributed by atoms with Gasteiger partial charge in [0, 0.05) is 0 Å². The number of furan rings is 1. The molecule has 3 heteroatoms. The number of rotatable bonds is 4. The molecule has 2 aromatic heterocycles. The fourth-order valence-corrected chi connectivity index (χ4v) is 7.68. The standard InChI is InChI=1S/C33H31GeNO/c1-21(2)29-19-25(18-24-8-6-7-9-27(24)29)33-32-28-15-12-23(20-31(28)36-30(32)16-17-35-33)22-10-13-26(14-11-22)34(3,4)5/h6-21H,1-5H3. The minimum Gasteiger partial charge on any atom is -0.0616 e. The van der Waals surface area contributed by atoms with Crippen molar-refractivity contribution in [3.63, 3.8) is 0 Å². The van der Waals surface area contributed by atoms with E-state index < -0.39 is 13.3 Å². The first-order chi connectivity index (χ1) is 17.3. The summed E-state index contributed by atoms with van der Waals surface area (Å²) in [5.74, 6) is 7.72. The summed E-state index contributed by atoms with van der Waals surface area (Å²) in [5.41, 5.74) is 7.65. The molecule has 0 spiro atoms. The monoisotopic (exact) mass is 531 g/mol. The predicted octanol–water partition coefficient (Wildman–Crippen LogP) is 9.14. The van der Waals surface area contributed by atoms with E-state index >= 15 is 0 Å². The van der Waals surface area contributed by atoms with Gasteiger partial charge in [-0.1, -0.05) is 38.1 Å². The quantitative estimate of drug-likeness (QED) is 0.213. The smallest absolute Gasteiger partial charge is 0.0616 e. The van der Waals surface area contributed by atoms with E-state index in [0.29, 0.717) is 5.92 Å². The summed E-state index contributed by atoms with van der Waals surface area (Å²) in [6.45, 7) is 4.51. The van der Waals surface area contributed by atoms with Gasteiger partial charge in [-0.25, -0.2) is 0 Å². The Balaban J connectivity index is 1.51. The molecule has 0 fully saturated rings. The molecule has 0 bridgehead atoms. The SMILES string of the molecule is CC(C)c1cc(-c2nccc3oc4cc(-c5cc[c]([Ge]([CH3])([CH3])[CH3])cc5)ccc4c23)cc2ccccc12. The third kappa shape index (κ3) is 3.94. The van der Waals surface area contributed by atoms with E-state index in [1.807, 2.05) is 12.3 Å². The molecule has 2 heterocycles. The fourth-order valence-electron chi connectivity index (χ4n) is 5.24. The zero-order valence-corrected chi connectivity index (χ0v) is 23.7. The van der Waals surface area contributed by atoms with Crippen LogP contribution in [0.5, 0.6) is 0 Å². The average molecular weight is 530 g/mol. The summed E-state index contributed by atoms with van der Waals surface area (Å²) in [5, 5.41) is 4.75. The average Bonchev–Trinajstić information content (AvgIpc) is 3.25. The van der Waals surface area contributed by atoms with Gasteiger partial charge in [0.15, 0.2) is 0 Å². The molecule has 6 rings (SSSR count). The fraction of sp³-hybridized carbons (Fsp3) is 0.182. The van der Waals surface area contributed by atoms with Gasteiger partial charge in [0.1, 0.15) is 0 Å². The first-order valence-corrected chi connectivity index (χ1v) is 20.1. The molecule has 6 aromatic rings. The van der Waals surface area contributed by atoms with Crippen LogP contribution in [0, 0.1) is 0 Å². The summed E-state index contributed by atoms with van der Waals surface area (Å²) in [7, 11) is 0. The second-order valence-corrected chi connectivity index (χ2v) is 21.8. The number of fused-ring (bicyclic) bond motifs is 4. The number of benzene rings is 4. The van der Waals surface area contributed by atoms with Crippen LogP contribution in [0.15, 0.2) is 95.5 Å². The second kappa shape index (κ2) is 8.63. The Hall–Kier alpha value is -3.37. The second-order valence-electron chi connectivity index (χ2n) is 11.1. The Morgan fingerprint density at radius 3 is 2.19 bits per heavy atom. The maximum atomic E-state index is 6.39. The van der Waals surface area contributed by atoms with Crippen molar-refractivity contribution >= 4 is 50.4 Å². The molecule has 2 nitrogen and oxygen atoms in total. The molecule has 0 aliphatic rings. The Morgan fingerprint density at radius 1 is 0.694 bits per heavy atom. The zero-order chi connectivity index (χ0) is 25.0. The normalized spacial score (nSPS) is 12.3. The van der Waals surface area contributed by atoms with Crippen molar-refractivity contribution in [1.29, 1.82) is 0 Å². The van der Waals surface area contributed by atoms with Gasteiger partial charge < -0.3 is 0 Å². The van der Waals surface area contributed by atoms with E-state index in [1.165, 1.54) is 31.9 Å². The molecule has 36 heavy (non-hydrogen) atoms. The van der Waals surface area contributed by atoms with Crippen LogP contribution < -0.4 is 4.40 Å². The maximum absolute atomic E-state index is 6.39. The van der Waals surface area contributed by atoms with Gasteiger partial charge in [-0.05, 0) is 22.3 Å². The van der Waals surface area contributed by atoms with Crippen molar-refractivity contribution in [2.75, 3.05) is 0 Å². The van der Waals surface area contributed by atoms with E-state index in [0.717, 1.165) is 33.2 Å². The number of pyridine rings is 1. The van der Waals surface area contributed by atoms with Crippen LogP contribution in [0.25, 0.3) is 55.1 Å². The number of hydrogen-bond donors (Lipinski definition) is 0. The minimum absolute atomic E-state index is 0.422. The molecular weight excluding hydrogens is 499 g/mol. The van der Waals surface area contributed by atoms with E-state index in [-0.39, 0.29) is 0 Å². The van der Waals surface area contributed by atoms with E-state index in [2.05, 4.69) is 110 Å². The van der Waals surface area contributed by atoms with E-state index in [9.17, 15) is 0 Å². The molecule has 0 atom stereocenters. The van der Waals surface area contributed by atoms with Crippen molar-refractivity contribution in [1.82, 2.24) is 4.98 Å². The van der Waals surface area contributed by atoms with Crippen molar-refractivity contribution in [2.24, 2.45) is 0 Å². The molecule has 0 aliphatic carbocycles. The Labute approximate surface area is 215 Å². The summed E-state index contributed by atoms with van der Waals surface area (Å²) in [6.07, 6.45) is 1.86. The molecule has 0 N–H and O–H groups in total. The molecule has 0 saturated heterocycles. The molecule has 0 radical (unpaired) electrons. The Bertz CT molecular complexity index is 1740. The molecule has 178 valence electrons. The van der Waals surface area contributed by atoms with Gasteiger partial charge in [-0.2, -0.15) is 0 Å². The van der Waals surface area contributed by atoms with Gasteiger partial charge in [0.05, 0.1) is 0 Å². The summed E-state index contributed by atoms with van der Waals surface area (Å²) < 4.78 is 7.91. The van der Waals surface area contributed by atoms with Crippen LogP contribution in [-0.4, -0.2) is 18.3 Å². The van der Waals surface area contributed by atoms with Crippen molar-refractivity contribution < 1.29 is 4.42 Å². The van der Waals surface area contributed by atoms with Gasteiger partial charge in [0.25, 0.3) is 0 Å². The first-order valence-electron chi connectivity index (χ1n) is 12.7. The van der Waals surface area contributed by atoms with Gasteiger partial charge in [-0.15, -0.1) is 0 Å².